The van der Waals surface area contributed by atoms with Crippen LogP contribution >= 0.6 is 0 Å². The van der Waals surface area contributed by atoms with Crippen LogP contribution in [0.5, 0.6) is 0 Å². The number of nitrogens with two attached hydrogens (primary N) is 1. The van der Waals surface area contributed by atoms with Crippen molar-refractivity contribution < 1.29 is 13.9 Å². The van der Waals surface area contributed by atoms with Crippen molar-refractivity contribution >= 4 is 11.4 Å². The summed E-state index contributed by atoms with van der Waals surface area (Å²) in [6, 6.07) is 3.80. The molecule has 4 N–H and O–H groups in total. The number of aliphatic hydroxyl groups excluding tert-OH is 1. The summed E-state index contributed by atoms with van der Waals surface area (Å²) in [7, 11) is 0. The fourth-order valence-electron chi connectivity index (χ4n) is 1.78. The van der Waals surface area contributed by atoms with E-state index >= 15 is 0 Å². The van der Waals surface area contributed by atoms with E-state index in [2.05, 4.69) is 5.32 Å². The van der Waals surface area contributed by atoms with Crippen LogP contribution < -0.4 is 11.1 Å². The molecule has 1 aliphatic rings. The third-order valence-electron chi connectivity index (χ3n) is 2.57. The van der Waals surface area contributed by atoms with Gasteiger partial charge >= 0.3 is 0 Å². The molecule has 2 atom stereocenters. The van der Waals surface area contributed by atoms with Gasteiger partial charge < -0.3 is 16.2 Å². The maximum Gasteiger partial charge on any atom is 0.260 e. The van der Waals surface area contributed by atoms with Crippen LogP contribution in [-0.2, 0) is 6.42 Å². The van der Waals surface area contributed by atoms with Crippen molar-refractivity contribution in [1.29, 1.82) is 0 Å². The number of hydrogen-bond donors (Lipinski definition) is 3. The van der Waals surface area contributed by atoms with Crippen LogP contribution in [0.1, 0.15) is 5.56 Å². The molecule has 0 aliphatic carbocycles. The maximum absolute atomic E-state index is 12.5. The molecule has 0 saturated heterocycles. The number of rotatable bonds is 1. The molecule has 0 radical (unpaired) electrons. The third-order valence-corrected chi connectivity index (χ3v) is 2.57. The van der Waals surface area contributed by atoms with Crippen molar-refractivity contribution in [2.45, 2.75) is 25.0 Å². The van der Waals surface area contributed by atoms with Gasteiger partial charge in [0.2, 0.25) is 0 Å². The van der Waals surface area contributed by atoms with Gasteiger partial charge in [-0.05, 0) is 23.8 Å². The van der Waals surface area contributed by atoms with Gasteiger partial charge in [0.15, 0.2) is 0 Å². The number of halogens is 2. The molecule has 0 bridgehead atoms. The molecule has 1 aromatic rings. The summed E-state index contributed by atoms with van der Waals surface area (Å²) in [4.78, 5) is 0. The van der Waals surface area contributed by atoms with E-state index in [4.69, 9.17) is 5.73 Å². The van der Waals surface area contributed by atoms with Gasteiger partial charge in [0, 0.05) is 17.8 Å². The summed E-state index contributed by atoms with van der Waals surface area (Å²) in [6.45, 7) is 0. The van der Waals surface area contributed by atoms with Gasteiger partial charge in [0.05, 0.1) is 6.10 Å². The molecule has 3 nitrogen and oxygen atoms in total. The quantitative estimate of drug-likeness (QED) is 0.616. The SMILES string of the molecule is Nc1ccc2c(c1)CC(O)C(C(F)F)N2. The summed E-state index contributed by atoms with van der Waals surface area (Å²) < 4.78 is 25.0. The first kappa shape index (κ1) is 10.2. The van der Waals surface area contributed by atoms with Gasteiger partial charge in [-0.25, -0.2) is 8.78 Å². The van der Waals surface area contributed by atoms with Gasteiger partial charge in [-0.2, -0.15) is 0 Å². The van der Waals surface area contributed by atoms with E-state index in [0.717, 1.165) is 5.56 Å². The molecule has 2 rings (SSSR count). The van der Waals surface area contributed by atoms with E-state index in [-0.39, 0.29) is 6.42 Å². The number of nitrogens with one attached hydrogen (secondary N) is 1. The van der Waals surface area contributed by atoms with Crippen LogP contribution in [-0.4, -0.2) is 23.7 Å². The number of fused-ring (bicyclic) bond motifs is 1. The van der Waals surface area contributed by atoms with E-state index in [1.54, 1.807) is 18.2 Å². The Hall–Kier alpha value is -1.36. The normalized spacial score (nSPS) is 24.8. The van der Waals surface area contributed by atoms with E-state index in [1.165, 1.54) is 0 Å². The van der Waals surface area contributed by atoms with Crippen molar-refractivity contribution in [3.05, 3.63) is 23.8 Å². The third kappa shape index (κ3) is 1.87. The van der Waals surface area contributed by atoms with E-state index in [9.17, 15) is 13.9 Å². The topological polar surface area (TPSA) is 58.3 Å². The van der Waals surface area contributed by atoms with Gasteiger partial charge in [-0.1, -0.05) is 0 Å². The molecule has 82 valence electrons. The Morgan fingerprint density at radius 2 is 2.20 bits per heavy atom. The minimum Gasteiger partial charge on any atom is -0.399 e. The average molecular weight is 214 g/mol. The van der Waals surface area contributed by atoms with Gasteiger partial charge in [-0.3, -0.25) is 0 Å². The van der Waals surface area contributed by atoms with E-state index in [0.29, 0.717) is 11.4 Å². The number of anilines is 2. The Bertz CT molecular complexity index is 370. The van der Waals surface area contributed by atoms with Crippen LogP contribution in [0.3, 0.4) is 0 Å². The number of hydrogen-bond acceptors (Lipinski definition) is 3. The standard InChI is InChI=1S/C10H12F2N2O/c11-10(12)9-8(15)4-5-3-6(13)1-2-7(5)14-9/h1-3,8-10,14-15H,4,13H2. The van der Waals surface area contributed by atoms with Crippen molar-refractivity contribution in [1.82, 2.24) is 0 Å². The summed E-state index contributed by atoms with van der Waals surface area (Å²) in [5.41, 5.74) is 7.53. The molecular formula is C10H12F2N2O. The highest BCUT2D eigenvalue weighted by Crippen LogP contribution is 2.28. The van der Waals surface area contributed by atoms with E-state index < -0.39 is 18.6 Å². The molecular weight excluding hydrogens is 202 g/mol. The zero-order chi connectivity index (χ0) is 11.0. The molecule has 0 saturated carbocycles. The summed E-state index contributed by atoms with van der Waals surface area (Å²) in [5.74, 6) is 0. The fraction of sp³-hybridized carbons (Fsp3) is 0.400. The van der Waals surface area contributed by atoms with Gasteiger partial charge in [0.1, 0.15) is 6.04 Å². The Kier molecular flexibility index (Phi) is 2.48. The summed E-state index contributed by atoms with van der Waals surface area (Å²) >= 11 is 0. The average Bonchev–Trinajstić information content (AvgIpc) is 2.15. The fourth-order valence-corrected chi connectivity index (χ4v) is 1.78. The zero-order valence-electron chi connectivity index (χ0n) is 7.95. The van der Waals surface area contributed by atoms with Crippen LogP contribution in [0.2, 0.25) is 0 Å². The monoisotopic (exact) mass is 214 g/mol. The number of benzene rings is 1. The zero-order valence-corrected chi connectivity index (χ0v) is 7.95. The number of aliphatic hydroxyl groups is 1. The van der Waals surface area contributed by atoms with Gasteiger partial charge in [-0.15, -0.1) is 0 Å². The molecule has 5 heteroatoms. The minimum atomic E-state index is -2.58. The smallest absolute Gasteiger partial charge is 0.260 e. The predicted molar refractivity (Wildman–Crippen MR) is 54.0 cm³/mol. The first-order valence-electron chi connectivity index (χ1n) is 4.69. The van der Waals surface area contributed by atoms with Crippen molar-refractivity contribution in [3.8, 4) is 0 Å². The van der Waals surface area contributed by atoms with Crippen molar-refractivity contribution in [2.75, 3.05) is 11.1 Å². The van der Waals surface area contributed by atoms with Crippen LogP contribution in [0.15, 0.2) is 18.2 Å². The highest BCUT2D eigenvalue weighted by atomic mass is 19.3. The van der Waals surface area contributed by atoms with E-state index in [1.807, 2.05) is 0 Å². The molecule has 1 aromatic carbocycles. The number of nitrogen functional groups attached to an aromatic ring is 1. The van der Waals surface area contributed by atoms with Crippen molar-refractivity contribution in [2.24, 2.45) is 0 Å². The molecule has 2 unspecified atom stereocenters. The lowest BCUT2D eigenvalue weighted by atomic mass is 9.95. The second-order valence-electron chi connectivity index (χ2n) is 3.69. The molecule has 1 heterocycles. The predicted octanol–water partition coefficient (Wildman–Crippen LogP) is 1.23. The first-order valence-corrected chi connectivity index (χ1v) is 4.69. The summed E-state index contributed by atoms with van der Waals surface area (Å²) in [5, 5.41) is 12.1. The molecule has 15 heavy (non-hydrogen) atoms. The second-order valence-corrected chi connectivity index (χ2v) is 3.69. The summed E-state index contributed by atoms with van der Waals surface area (Å²) in [6.07, 6.45) is -3.44. The van der Waals surface area contributed by atoms with Crippen LogP contribution in [0, 0.1) is 0 Å². The molecule has 0 amide bonds. The van der Waals surface area contributed by atoms with Gasteiger partial charge in [0.25, 0.3) is 6.43 Å². The Morgan fingerprint density at radius 3 is 2.87 bits per heavy atom. The lowest BCUT2D eigenvalue weighted by Gasteiger charge is -2.31. The largest absolute Gasteiger partial charge is 0.399 e. The lowest BCUT2D eigenvalue weighted by molar-refractivity contribution is 0.0427. The Morgan fingerprint density at radius 1 is 1.47 bits per heavy atom. The lowest BCUT2D eigenvalue weighted by Crippen LogP contribution is -2.44. The molecule has 0 aromatic heterocycles. The molecule has 0 spiro atoms. The number of alkyl halides is 2. The van der Waals surface area contributed by atoms with Crippen LogP contribution in [0.4, 0.5) is 20.2 Å². The molecule has 1 aliphatic heterocycles. The van der Waals surface area contributed by atoms with Crippen LogP contribution in [0.25, 0.3) is 0 Å². The minimum absolute atomic E-state index is 0.211. The Labute approximate surface area is 85.9 Å². The first-order chi connectivity index (χ1) is 7.08. The van der Waals surface area contributed by atoms with Crippen molar-refractivity contribution in [3.63, 3.8) is 0 Å². The highest BCUT2D eigenvalue weighted by Gasteiger charge is 2.32. The maximum atomic E-state index is 12.5. The molecule has 0 fully saturated rings. The Balaban J connectivity index is 2.29. The highest BCUT2D eigenvalue weighted by molar-refractivity contribution is 5.60. The second kappa shape index (κ2) is 3.66.